The van der Waals surface area contributed by atoms with Gasteiger partial charge in [-0.25, -0.2) is 8.78 Å². The van der Waals surface area contributed by atoms with Crippen LogP contribution in [-0.2, 0) is 0 Å². The van der Waals surface area contributed by atoms with Crippen LogP contribution in [0.25, 0.3) is 0 Å². The first kappa shape index (κ1) is 11.8. The van der Waals surface area contributed by atoms with E-state index in [1.807, 2.05) is 0 Å². The number of benzene rings is 1. The van der Waals surface area contributed by atoms with Crippen LogP contribution in [0.15, 0.2) is 39.6 Å². The standard InChI is InChI=1S/C11H6Br2F2O/c12-10(8-3-4-16-11(8)13)7-2-1-6(14)5-9(7)15/h1-5,10H. The lowest BCUT2D eigenvalue weighted by molar-refractivity contribution is 0.536. The Kier molecular flexibility index (Phi) is 3.44. The zero-order valence-electron chi connectivity index (χ0n) is 7.88. The third-order valence-corrected chi connectivity index (χ3v) is 3.79. The van der Waals surface area contributed by atoms with Crippen molar-refractivity contribution in [2.75, 3.05) is 0 Å². The van der Waals surface area contributed by atoms with Gasteiger partial charge in [-0.05, 0) is 28.1 Å². The Morgan fingerprint density at radius 1 is 1.12 bits per heavy atom. The molecule has 1 aromatic carbocycles. The Hall–Kier alpha value is -0.680. The Morgan fingerprint density at radius 2 is 1.88 bits per heavy atom. The number of hydrogen-bond donors (Lipinski definition) is 0. The van der Waals surface area contributed by atoms with Gasteiger partial charge in [0.15, 0.2) is 4.67 Å². The van der Waals surface area contributed by atoms with Gasteiger partial charge < -0.3 is 4.42 Å². The lowest BCUT2D eigenvalue weighted by Gasteiger charge is -2.09. The van der Waals surface area contributed by atoms with Crippen LogP contribution in [0.4, 0.5) is 8.78 Å². The second kappa shape index (κ2) is 4.67. The van der Waals surface area contributed by atoms with Gasteiger partial charge in [-0.3, -0.25) is 0 Å². The molecule has 84 valence electrons. The van der Waals surface area contributed by atoms with Crippen molar-refractivity contribution in [1.29, 1.82) is 0 Å². The van der Waals surface area contributed by atoms with Gasteiger partial charge >= 0.3 is 0 Å². The van der Waals surface area contributed by atoms with Gasteiger partial charge in [0.2, 0.25) is 0 Å². The van der Waals surface area contributed by atoms with Gasteiger partial charge in [0.1, 0.15) is 11.6 Å². The van der Waals surface area contributed by atoms with Crippen molar-refractivity contribution in [2.24, 2.45) is 0 Å². The third-order valence-electron chi connectivity index (χ3n) is 2.15. The summed E-state index contributed by atoms with van der Waals surface area (Å²) in [5, 5.41) is 0. The average Bonchev–Trinajstić information content (AvgIpc) is 2.63. The normalized spacial score (nSPS) is 12.8. The molecule has 0 aliphatic rings. The highest BCUT2D eigenvalue weighted by atomic mass is 79.9. The molecule has 0 aliphatic heterocycles. The van der Waals surface area contributed by atoms with Crippen molar-refractivity contribution in [2.45, 2.75) is 4.83 Å². The number of hydrogen-bond acceptors (Lipinski definition) is 1. The smallest absolute Gasteiger partial charge is 0.173 e. The quantitative estimate of drug-likeness (QED) is 0.708. The molecule has 2 aromatic rings. The molecule has 0 saturated heterocycles. The second-order valence-corrected chi connectivity index (χ2v) is 4.81. The van der Waals surface area contributed by atoms with Gasteiger partial charge in [0.05, 0.1) is 11.1 Å². The molecule has 1 heterocycles. The molecule has 0 spiro atoms. The molecule has 1 aromatic heterocycles. The van der Waals surface area contributed by atoms with Crippen molar-refractivity contribution in [3.05, 3.63) is 58.0 Å². The average molecular weight is 352 g/mol. The minimum atomic E-state index is -0.591. The second-order valence-electron chi connectivity index (χ2n) is 3.18. The van der Waals surface area contributed by atoms with Crippen LogP contribution in [-0.4, -0.2) is 0 Å². The Balaban J connectivity index is 2.41. The van der Waals surface area contributed by atoms with E-state index in [4.69, 9.17) is 4.42 Å². The van der Waals surface area contributed by atoms with Gasteiger partial charge in [-0.2, -0.15) is 0 Å². The minimum absolute atomic E-state index is 0.364. The van der Waals surface area contributed by atoms with Gasteiger partial charge in [0, 0.05) is 17.2 Å². The summed E-state index contributed by atoms with van der Waals surface area (Å²) in [4.78, 5) is -0.374. The molecule has 5 heteroatoms. The third kappa shape index (κ3) is 2.20. The molecular formula is C11H6Br2F2O. The summed E-state index contributed by atoms with van der Waals surface area (Å²) in [7, 11) is 0. The summed E-state index contributed by atoms with van der Waals surface area (Å²) in [6, 6.07) is 5.20. The van der Waals surface area contributed by atoms with E-state index in [1.54, 1.807) is 6.07 Å². The molecule has 2 rings (SSSR count). The fourth-order valence-corrected chi connectivity index (χ4v) is 2.87. The van der Waals surface area contributed by atoms with Gasteiger partial charge in [-0.15, -0.1) is 0 Å². The SMILES string of the molecule is Fc1ccc(C(Br)c2ccoc2Br)c(F)c1. The molecule has 0 aliphatic carbocycles. The monoisotopic (exact) mass is 350 g/mol. The Labute approximate surface area is 108 Å². The largest absolute Gasteiger partial charge is 0.457 e. The molecule has 0 amide bonds. The molecule has 0 saturated carbocycles. The van der Waals surface area contributed by atoms with Crippen LogP contribution in [0.5, 0.6) is 0 Å². The Morgan fingerprint density at radius 3 is 2.44 bits per heavy atom. The molecule has 1 atom stereocenters. The summed E-state index contributed by atoms with van der Waals surface area (Å²) >= 11 is 6.56. The van der Waals surface area contributed by atoms with E-state index in [9.17, 15) is 8.78 Å². The lowest BCUT2D eigenvalue weighted by atomic mass is 10.1. The van der Waals surface area contributed by atoms with Crippen molar-refractivity contribution >= 4 is 31.9 Å². The van der Waals surface area contributed by atoms with Crippen LogP contribution in [0.2, 0.25) is 0 Å². The lowest BCUT2D eigenvalue weighted by Crippen LogP contribution is -1.96. The van der Waals surface area contributed by atoms with Gasteiger partial charge in [-0.1, -0.05) is 22.0 Å². The van der Waals surface area contributed by atoms with Crippen LogP contribution >= 0.6 is 31.9 Å². The molecule has 0 fully saturated rings. The van der Waals surface area contributed by atoms with Crippen molar-refractivity contribution in [1.82, 2.24) is 0 Å². The maximum Gasteiger partial charge on any atom is 0.173 e. The van der Waals surface area contributed by atoms with Gasteiger partial charge in [0.25, 0.3) is 0 Å². The molecule has 1 nitrogen and oxygen atoms in total. The van der Waals surface area contributed by atoms with E-state index in [-0.39, 0.29) is 4.83 Å². The van der Waals surface area contributed by atoms with E-state index in [0.29, 0.717) is 10.2 Å². The highest BCUT2D eigenvalue weighted by Gasteiger charge is 2.19. The molecule has 0 radical (unpaired) electrons. The van der Waals surface area contributed by atoms with Crippen LogP contribution in [0.1, 0.15) is 16.0 Å². The van der Waals surface area contributed by atoms with Crippen molar-refractivity contribution in [3.63, 3.8) is 0 Å². The summed E-state index contributed by atoms with van der Waals surface area (Å²) < 4.78 is 31.8. The number of furan rings is 1. The number of halogens is 4. The van der Waals surface area contributed by atoms with Crippen LogP contribution in [0.3, 0.4) is 0 Å². The first-order chi connectivity index (χ1) is 7.59. The number of rotatable bonds is 2. The highest BCUT2D eigenvalue weighted by Crippen LogP contribution is 2.37. The van der Waals surface area contributed by atoms with E-state index in [0.717, 1.165) is 11.6 Å². The van der Waals surface area contributed by atoms with E-state index < -0.39 is 11.6 Å². The van der Waals surface area contributed by atoms with E-state index in [2.05, 4.69) is 31.9 Å². The maximum absolute atomic E-state index is 13.5. The predicted octanol–water partition coefficient (Wildman–Crippen LogP) is 4.80. The number of alkyl halides is 1. The van der Waals surface area contributed by atoms with Crippen LogP contribution < -0.4 is 0 Å². The van der Waals surface area contributed by atoms with E-state index in [1.165, 1.54) is 18.4 Å². The summed E-state index contributed by atoms with van der Waals surface area (Å²) in [5.41, 5.74) is 1.12. The molecule has 0 bridgehead atoms. The molecule has 1 unspecified atom stereocenters. The summed E-state index contributed by atoms with van der Waals surface area (Å²) in [6.45, 7) is 0. The minimum Gasteiger partial charge on any atom is -0.457 e. The molecule has 16 heavy (non-hydrogen) atoms. The molecular weight excluding hydrogens is 346 g/mol. The topological polar surface area (TPSA) is 13.1 Å². The van der Waals surface area contributed by atoms with Crippen LogP contribution in [0, 0.1) is 11.6 Å². The summed E-state index contributed by atoms with van der Waals surface area (Å²) in [6.07, 6.45) is 1.50. The summed E-state index contributed by atoms with van der Waals surface area (Å²) in [5.74, 6) is -1.18. The van der Waals surface area contributed by atoms with E-state index >= 15 is 0 Å². The first-order valence-electron chi connectivity index (χ1n) is 4.41. The Bertz CT molecular complexity index is 510. The zero-order valence-corrected chi connectivity index (χ0v) is 11.1. The highest BCUT2D eigenvalue weighted by molar-refractivity contribution is 9.10. The first-order valence-corrected chi connectivity index (χ1v) is 6.12. The van der Waals surface area contributed by atoms with Crippen molar-refractivity contribution < 1.29 is 13.2 Å². The molecule has 0 N–H and O–H groups in total. The van der Waals surface area contributed by atoms with Crippen molar-refractivity contribution in [3.8, 4) is 0 Å². The fourth-order valence-electron chi connectivity index (χ4n) is 1.36. The fraction of sp³-hybridized carbons (Fsp3) is 0.0909. The maximum atomic E-state index is 13.5. The predicted molar refractivity (Wildman–Crippen MR) is 63.5 cm³/mol. The zero-order chi connectivity index (χ0) is 11.7.